The van der Waals surface area contributed by atoms with Gasteiger partial charge in [-0.1, -0.05) is 0 Å². The van der Waals surface area contributed by atoms with Gasteiger partial charge >= 0.3 is 37.0 Å². The molecule has 16 heteroatoms. The first kappa shape index (κ1) is 22.2. The zero-order valence-corrected chi connectivity index (χ0v) is 15.6. The molecule has 0 aliphatic carbocycles. The minimum absolute atomic E-state index is 0.0986. The van der Waals surface area contributed by atoms with Gasteiger partial charge in [-0.05, 0) is 29.7 Å². The molecule has 1 aromatic heterocycles. The molecule has 0 atom stereocenters. The van der Waals surface area contributed by atoms with Gasteiger partial charge in [0, 0.05) is 4.70 Å². The van der Waals surface area contributed by atoms with Crippen molar-refractivity contribution in [2.45, 2.75) is 11.0 Å². The number of carbonyl (C=O) groups is 1. The lowest BCUT2D eigenvalue weighted by atomic mass is 10.2. The van der Waals surface area contributed by atoms with E-state index in [1.165, 1.54) is 0 Å². The first-order chi connectivity index (χ1) is 12.5. The second-order valence-electron chi connectivity index (χ2n) is 4.92. The van der Waals surface area contributed by atoms with Gasteiger partial charge in [-0.25, -0.2) is 4.79 Å². The normalized spacial score (nSPS) is 13.5. The number of thiophene rings is 1. The Bertz CT molecular complexity index is 1090. The molecule has 0 spiro atoms. The van der Waals surface area contributed by atoms with E-state index in [2.05, 4.69) is 4.74 Å². The molecule has 156 valence electrons. The van der Waals surface area contributed by atoms with Crippen molar-refractivity contribution in [1.82, 2.24) is 0 Å². The number of alkyl halides is 6. The molecule has 0 amide bonds. The zero-order chi connectivity index (χ0) is 21.7. The van der Waals surface area contributed by atoms with Crippen LogP contribution in [0.3, 0.4) is 0 Å². The van der Waals surface area contributed by atoms with Gasteiger partial charge in [-0.15, -0.1) is 15.0 Å². The van der Waals surface area contributed by atoms with Crippen molar-refractivity contribution in [2.75, 3.05) is 10.8 Å². The smallest absolute Gasteiger partial charge is 0.465 e. The Labute approximate surface area is 157 Å². The first-order valence-corrected chi connectivity index (χ1v) is 10.3. The topological polar surface area (TPSA) is 97.8 Å². The number of methoxy groups -OCH3 is 1. The van der Waals surface area contributed by atoms with E-state index in [-0.39, 0.29) is 15.0 Å². The zero-order valence-electron chi connectivity index (χ0n) is 13.2. The monoisotopic (exact) mass is 471 g/mol. The number of ether oxygens (including phenoxy) is 1. The molecule has 0 aliphatic heterocycles. The van der Waals surface area contributed by atoms with Crippen molar-refractivity contribution in [3.63, 3.8) is 0 Å². The summed E-state index contributed by atoms with van der Waals surface area (Å²) in [5, 5.41) is -0.178. The van der Waals surface area contributed by atoms with E-state index < -0.39 is 46.4 Å². The van der Waals surface area contributed by atoms with Crippen LogP contribution in [0.25, 0.3) is 10.1 Å². The molecule has 0 fully saturated rings. The molecule has 7 nitrogen and oxygen atoms in total. The minimum atomic E-state index is -6.98. The molecule has 1 heterocycles. The maximum Gasteiger partial charge on any atom is 0.517 e. The van der Waals surface area contributed by atoms with Crippen molar-refractivity contribution < 1.29 is 52.7 Å². The fourth-order valence-electron chi connectivity index (χ4n) is 1.94. The average Bonchev–Trinajstić information content (AvgIpc) is 2.94. The molecule has 0 N–H and O–H groups in total. The Morgan fingerprint density at radius 1 is 0.964 bits per heavy atom. The van der Waals surface area contributed by atoms with E-state index in [9.17, 15) is 48.0 Å². The summed E-state index contributed by atoms with van der Waals surface area (Å²) in [4.78, 5) is 11.4. The number of rotatable bonds is 4. The highest BCUT2D eigenvalue weighted by molar-refractivity contribution is 8.11. The van der Waals surface area contributed by atoms with Crippen LogP contribution >= 0.6 is 11.3 Å². The Morgan fingerprint density at radius 3 is 1.89 bits per heavy atom. The Kier molecular flexibility index (Phi) is 5.37. The molecule has 0 radical (unpaired) electrons. The van der Waals surface area contributed by atoms with Crippen LogP contribution in [0, 0.1) is 0 Å². The molecular weight excluding hydrogens is 464 g/mol. The summed E-state index contributed by atoms with van der Waals surface area (Å²) in [5.41, 5.74) is -14.1. The number of hydrogen-bond acceptors (Lipinski definition) is 7. The van der Waals surface area contributed by atoms with Gasteiger partial charge in [0.1, 0.15) is 4.88 Å². The molecule has 2 rings (SSSR count). The predicted molar refractivity (Wildman–Crippen MR) is 85.6 cm³/mol. The molecule has 28 heavy (non-hydrogen) atoms. The van der Waals surface area contributed by atoms with Gasteiger partial charge in [-0.2, -0.15) is 43.2 Å². The van der Waals surface area contributed by atoms with Crippen molar-refractivity contribution in [3.05, 3.63) is 29.1 Å². The summed E-state index contributed by atoms with van der Waals surface area (Å²) in [5.74, 6) is -0.870. The Balaban J connectivity index is 2.80. The average molecular weight is 471 g/mol. The molecule has 0 bridgehead atoms. The van der Waals surface area contributed by atoms with Crippen LogP contribution in [0.5, 0.6) is 0 Å². The van der Waals surface area contributed by atoms with Crippen molar-refractivity contribution in [2.24, 2.45) is 0 Å². The van der Waals surface area contributed by atoms with Gasteiger partial charge in [0.25, 0.3) is 0 Å². The van der Waals surface area contributed by atoms with Gasteiger partial charge in [0.05, 0.1) is 12.8 Å². The number of sulfonamides is 2. The van der Waals surface area contributed by atoms with Crippen LogP contribution in [-0.4, -0.2) is 40.9 Å². The lowest BCUT2D eigenvalue weighted by Crippen LogP contribution is -2.49. The molecule has 0 saturated carbocycles. The highest BCUT2D eigenvalue weighted by Crippen LogP contribution is 2.40. The van der Waals surface area contributed by atoms with E-state index >= 15 is 0 Å². The fraction of sp³-hybridized carbons (Fsp3) is 0.250. The molecule has 1 aromatic carbocycles. The number of fused-ring (bicyclic) bond motifs is 1. The van der Waals surface area contributed by atoms with Crippen molar-refractivity contribution in [3.8, 4) is 0 Å². The molecule has 2 aromatic rings. The number of carbonyl (C=O) groups excluding carboxylic acids is 1. The number of hydrogen-bond donors (Lipinski definition) is 0. The SMILES string of the molecule is COC(=O)c1cc2cc(N(S(=O)(=O)C(F)(F)F)S(=O)(=O)C(F)(F)F)ccc2s1. The highest BCUT2D eigenvalue weighted by Gasteiger charge is 2.61. The number of halogens is 6. The maximum atomic E-state index is 12.8. The van der Waals surface area contributed by atoms with Gasteiger partial charge in [0.15, 0.2) is 0 Å². The summed E-state index contributed by atoms with van der Waals surface area (Å²) in [6.45, 7) is 0. The number of nitrogens with zero attached hydrogens (tertiary/aromatic N) is 1. The van der Waals surface area contributed by atoms with E-state index in [0.717, 1.165) is 30.6 Å². The lowest BCUT2D eigenvalue weighted by molar-refractivity contribution is -0.0462. The van der Waals surface area contributed by atoms with Crippen molar-refractivity contribution in [1.29, 1.82) is 0 Å². The van der Waals surface area contributed by atoms with Gasteiger partial charge in [0.2, 0.25) is 0 Å². The van der Waals surface area contributed by atoms with Gasteiger partial charge < -0.3 is 4.74 Å². The summed E-state index contributed by atoms with van der Waals surface area (Å²) in [6, 6.07) is 2.76. The largest absolute Gasteiger partial charge is 0.517 e. The third-order valence-electron chi connectivity index (χ3n) is 3.12. The van der Waals surface area contributed by atoms with E-state index in [1.54, 1.807) is 0 Å². The van der Waals surface area contributed by atoms with Crippen LogP contribution in [0.1, 0.15) is 9.67 Å². The quantitative estimate of drug-likeness (QED) is 0.502. The second-order valence-corrected chi connectivity index (χ2v) is 9.79. The molecular formula is C12H7F6NO6S3. The van der Waals surface area contributed by atoms with E-state index in [4.69, 9.17) is 0 Å². The molecule has 0 unspecified atom stereocenters. The highest BCUT2D eigenvalue weighted by atomic mass is 32.3. The predicted octanol–water partition coefficient (Wildman–Crippen LogP) is 3.19. The first-order valence-electron chi connectivity index (χ1n) is 6.59. The maximum absolute atomic E-state index is 12.8. The fourth-order valence-corrected chi connectivity index (χ4v) is 5.60. The van der Waals surface area contributed by atoms with E-state index in [1.807, 2.05) is 0 Å². The lowest BCUT2D eigenvalue weighted by Gasteiger charge is -2.25. The van der Waals surface area contributed by atoms with Crippen LogP contribution in [0.2, 0.25) is 0 Å². The second kappa shape index (κ2) is 6.77. The Hall–Kier alpha value is -2.07. The van der Waals surface area contributed by atoms with Crippen LogP contribution < -0.4 is 3.71 Å². The summed E-state index contributed by atoms with van der Waals surface area (Å²) >= 11 is 0.740. The minimum Gasteiger partial charge on any atom is -0.465 e. The number of anilines is 1. The number of benzene rings is 1. The Morgan fingerprint density at radius 2 is 1.46 bits per heavy atom. The third-order valence-corrected chi connectivity index (χ3v) is 7.86. The van der Waals surface area contributed by atoms with E-state index in [0.29, 0.717) is 12.1 Å². The van der Waals surface area contributed by atoms with Gasteiger partial charge in [-0.3, -0.25) is 0 Å². The van der Waals surface area contributed by atoms with Crippen LogP contribution in [0.15, 0.2) is 24.3 Å². The summed E-state index contributed by atoms with van der Waals surface area (Å²) in [7, 11) is -12.9. The third kappa shape index (κ3) is 3.62. The molecule has 0 saturated heterocycles. The van der Waals surface area contributed by atoms with Crippen molar-refractivity contribution >= 4 is 53.1 Å². The van der Waals surface area contributed by atoms with Crippen LogP contribution in [0.4, 0.5) is 32.0 Å². The molecule has 0 aliphatic rings. The summed E-state index contributed by atoms with van der Waals surface area (Å²) < 4.78 is 126. The standard InChI is InChI=1S/C12H7F6NO6S3/c1-25-10(20)9-5-6-4-7(2-3-8(6)26-9)19(27(21,22)11(13,14)15)28(23,24)12(16,17)18/h2-5H,1H3. The summed E-state index contributed by atoms with van der Waals surface area (Å²) in [6.07, 6.45) is 0. The van der Waals surface area contributed by atoms with Crippen LogP contribution in [-0.2, 0) is 24.8 Å². The number of esters is 1.